The van der Waals surface area contributed by atoms with Crippen molar-refractivity contribution in [3.8, 4) is 0 Å². The van der Waals surface area contributed by atoms with Crippen LogP contribution in [0.1, 0.15) is 34.0 Å². The van der Waals surface area contributed by atoms with Crippen molar-refractivity contribution >= 4 is 62.9 Å². The van der Waals surface area contributed by atoms with Crippen molar-refractivity contribution in [1.29, 1.82) is 0 Å². The van der Waals surface area contributed by atoms with Gasteiger partial charge in [0.1, 0.15) is 5.70 Å². The molecule has 0 saturated carbocycles. The fourth-order valence-corrected chi connectivity index (χ4v) is 5.11. The lowest BCUT2D eigenvalue weighted by Gasteiger charge is -2.16. The second-order valence-electron chi connectivity index (χ2n) is 9.42. The van der Waals surface area contributed by atoms with Gasteiger partial charge in [-0.3, -0.25) is 14.4 Å². The van der Waals surface area contributed by atoms with Crippen LogP contribution in [0.5, 0.6) is 0 Å². The molecule has 8 heteroatoms. The summed E-state index contributed by atoms with van der Waals surface area (Å²) in [5, 5.41) is 8.31. The van der Waals surface area contributed by atoms with Gasteiger partial charge >= 0.3 is 0 Å². The second kappa shape index (κ2) is 14.0. The smallest absolute Gasteiger partial charge is 0.272 e. The van der Waals surface area contributed by atoms with Crippen LogP contribution in [-0.4, -0.2) is 23.0 Å². The third-order valence-electron chi connectivity index (χ3n) is 6.23. The van der Waals surface area contributed by atoms with E-state index in [-0.39, 0.29) is 22.8 Å². The van der Waals surface area contributed by atoms with Gasteiger partial charge in [-0.15, -0.1) is 11.8 Å². The maximum absolute atomic E-state index is 13.3. The predicted octanol–water partition coefficient (Wildman–Crippen LogP) is 7.59. The lowest BCUT2D eigenvalue weighted by molar-refractivity contribution is -0.115. The van der Waals surface area contributed by atoms with E-state index in [0.29, 0.717) is 11.3 Å². The van der Waals surface area contributed by atoms with Crippen molar-refractivity contribution in [2.24, 2.45) is 0 Å². The Morgan fingerprint density at radius 1 is 0.780 bits per heavy atom. The van der Waals surface area contributed by atoms with Gasteiger partial charge in [-0.25, -0.2) is 0 Å². The number of rotatable bonds is 9. The molecule has 6 nitrogen and oxygen atoms in total. The van der Waals surface area contributed by atoms with E-state index in [9.17, 15) is 14.4 Å². The van der Waals surface area contributed by atoms with Crippen LogP contribution in [0.15, 0.2) is 112 Å². The largest absolute Gasteiger partial charge is 0.325 e. The van der Waals surface area contributed by atoms with E-state index >= 15 is 0 Å². The van der Waals surface area contributed by atoms with Gasteiger partial charge in [0.15, 0.2) is 0 Å². The highest BCUT2D eigenvalue weighted by molar-refractivity contribution is 9.10. The van der Waals surface area contributed by atoms with E-state index < -0.39 is 5.91 Å². The van der Waals surface area contributed by atoms with Gasteiger partial charge in [-0.05, 0) is 92.1 Å². The highest BCUT2D eigenvalue weighted by atomic mass is 79.9. The minimum atomic E-state index is -0.459. The summed E-state index contributed by atoms with van der Waals surface area (Å²) >= 11 is 4.84. The molecule has 1 atom stereocenters. The molecule has 0 aliphatic rings. The van der Waals surface area contributed by atoms with Crippen LogP contribution in [0.3, 0.4) is 0 Å². The van der Waals surface area contributed by atoms with Gasteiger partial charge < -0.3 is 16.0 Å². The van der Waals surface area contributed by atoms with E-state index in [1.165, 1.54) is 11.8 Å². The Morgan fingerprint density at radius 2 is 1.41 bits per heavy atom. The number of halogens is 1. The maximum atomic E-state index is 13.3. The molecule has 0 aromatic heterocycles. The number of benzene rings is 4. The van der Waals surface area contributed by atoms with Crippen molar-refractivity contribution in [1.82, 2.24) is 5.32 Å². The zero-order valence-electron chi connectivity index (χ0n) is 22.9. The molecule has 0 saturated heterocycles. The molecule has 0 radical (unpaired) electrons. The fraction of sp³-hybridized carbons (Fsp3) is 0.121. The lowest BCUT2D eigenvalue weighted by atomic mass is 10.1. The van der Waals surface area contributed by atoms with Crippen molar-refractivity contribution in [3.63, 3.8) is 0 Å². The van der Waals surface area contributed by atoms with Crippen LogP contribution >= 0.6 is 27.7 Å². The number of anilines is 2. The summed E-state index contributed by atoms with van der Waals surface area (Å²) in [5.74, 6) is -0.926. The molecule has 208 valence electrons. The first kappa shape index (κ1) is 29.8. The van der Waals surface area contributed by atoms with Gasteiger partial charge in [0.25, 0.3) is 11.8 Å². The van der Waals surface area contributed by atoms with E-state index in [4.69, 9.17) is 0 Å². The number of carbonyl (C=O) groups excluding carboxylic acids is 3. The first-order chi connectivity index (χ1) is 19.7. The Labute approximate surface area is 252 Å². The fourth-order valence-electron chi connectivity index (χ4n) is 3.98. The van der Waals surface area contributed by atoms with Crippen LogP contribution < -0.4 is 16.0 Å². The number of thioether (sulfide) groups is 1. The number of amides is 3. The molecule has 4 aromatic carbocycles. The number of aryl methyl sites for hydroxylation is 2. The van der Waals surface area contributed by atoms with Crippen LogP contribution in [0.25, 0.3) is 6.08 Å². The van der Waals surface area contributed by atoms with Crippen LogP contribution in [-0.2, 0) is 9.59 Å². The minimum Gasteiger partial charge on any atom is -0.325 e. The first-order valence-corrected chi connectivity index (χ1v) is 14.7. The standard InChI is InChI=1S/C33H30BrN3O3S/c1-21-8-7-9-22(2)30(21)37-31(38)23(3)41-28-18-16-27(17-19-28)35-33(40)29(20-24-12-14-26(34)15-13-24)36-32(39)25-10-5-4-6-11-25/h4-20,23H,1-3H3,(H,35,40)(H,36,39)(H,37,38)/b29-20-. The predicted molar refractivity (Wildman–Crippen MR) is 171 cm³/mol. The monoisotopic (exact) mass is 627 g/mol. The molecule has 3 amide bonds. The topological polar surface area (TPSA) is 87.3 Å². The number of nitrogens with one attached hydrogen (secondary N) is 3. The van der Waals surface area contributed by atoms with Gasteiger partial charge in [0.2, 0.25) is 5.91 Å². The summed E-state index contributed by atoms with van der Waals surface area (Å²) in [7, 11) is 0. The quantitative estimate of drug-likeness (QED) is 0.132. The zero-order chi connectivity index (χ0) is 29.4. The Hall–Kier alpha value is -4.14. The third kappa shape index (κ3) is 8.42. The SMILES string of the molecule is Cc1cccc(C)c1NC(=O)C(C)Sc1ccc(NC(=O)/C(=C/c2ccc(Br)cc2)NC(=O)c2ccccc2)cc1. The average Bonchev–Trinajstić information content (AvgIpc) is 2.97. The number of para-hydroxylation sites is 1. The van der Waals surface area contributed by atoms with Crippen molar-refractivity contribution in [3.05, 3.63) is 129 Å². The van der Waals surface area contributed by atoms with E-state index in [1.54, 1.807) is 42.5 Å². The molecule has 4 aromatic rings. The average molecular weight is 629 g/mol. The molecule has 0 heterocycles. The van der Waals surface area contributed by atoms with Crippen molar-refractivity contribution in [2.45, 2.75) is 30.9 Å². The summed E-state index contributed by atoms with van der Waals surface area (Å²) in [6.45, 7) is 5.80. The Balaban J connectivity index is 1.43. The number of hydrogen-bond acceptors (Lipinski definition) is 4. The van der Waals surface area contributed by atoms with Gasteiger partial charge in [-0.2, -0.15) is 0 Å². The van der Waals surface area contributed by atoms with Crippen molar-refractivity contribution < 1.29 is 14.4 Å². The lowest BCUT2D eigenvalue weighted by Crippen LogP contribution is -2.30. The van der Waals surface area contributed by atoms with Crippen LogP contribution in [0.2, 0.25) is 0 Å². The Morgan fingerprint density at radius 3 is 2.05 bits per heavy atom. The molecule has 0 aliphatic carbocycles. The molecule has 1 unspecified atom stereocenters. The molecule has 0 spiro atoms. The highest BCUT2D eigenvalue weighted by Crippen LogP contribution is 2.27. The highest BCUT2D eigenvalue weighted by Gasteiger charge is 2.18. The summed E-state index contributed by atoms with van der Waals surface area (Å²) in [4.78, 5) is 39.8. The van der Waals surface area contributed by atoms with Gasteiger partial charge in [-0.1, -0.05) is 64.5 Å². The minimum absolute atomic E-state index is 0.0818. The normalized spacial score (nSPS) is 11.9. The summed E-state index contributed by atoms with van der Waals surface area (Å²) in [5.41, 5.74) is 4.74. The van der Waals surface area contributed by atoms with E-state index in [2.05, 4.69) is 31.9 Å². The van der Waals surface area contributed by atoms with Gasteiger partial charge in [0, 0.05) is 26.3 Å². The Kier molecular flexibility index (Phi) is 10.2. The molecule has 0 fully saturated rings. The van der Waals surface area contributed by atoms with E-state index in [1.807, 2.05) is 81.4 Å². The molecule has 41 heavy (non-hydrogen) atoms. The Bertz CT molecular complexity index is 1550. The van der Waals surface area contributed by atoms with Gasteiger partial charge in [0.05, 0.1) is 5.25 Å². The zero-order valence-corrected chi connectivity index (χ0v) is 25.3. The summed E-state index contributed by atoms with van der Waals surface area (Å²) in [6, 6.07) is 29.3. The van der Waals surface area contributed by atoms with Crippen molar-refractivity contribution in [2.75, 3.05) is 10.6 Å². The van der Waals surface area contributed by atoms with Crippen LogP contribution in [0.4, 0.5) is 11.4 Å². The second-order valence-corrected chi connectivity index (χ2v) is 11.8. The van der Waals surface area contributed by atoms with E-state index in [0.717, 1.165) is 31.7 Å². The first-order valence-electron chi connectivity index (χ1n) is 13.0. The molecule has 3 N–H and O–H groups in total. The molecular weight excluding hydrogens is 598 g/mol. The number of carbonyl (C=O) groups is 3. The molecule has 0 aliphatic heterocycles. The molecular formula is C33H30BrN3O3S. The maximum Gasteiger partial charge on any atom is 0.272 e. The number of hydrogen-bond donors (Lipinski definition) is 3. The third-order valence-corrected chi connectivity index (χ3v) is 7.87. The summed E-state index contributed by atoms with van der Waals surface area (Å²) in [6.07, 6.45) is 1.63. The summed E-state index contributed by atoms with van der Waals surface area (Å²) < 4.78 is 0.907. The molecule has 0 bridgehead atoms. The van der Waals surface area contributed by atoms with Crippen LogP contribution in [0, 0.1) is 13.8 Å². The molecule has 4 rings (SSSR count).